The molecule has 1 aliphatic heterocycles. The fourth-order valence-electron chi connectivity index (χ4n) is 2.72. The first-order valence-electron chi connectivity index (χ1n) is 7.12. The fourth-order valence-corrected chi connectivity index (χ4v) is 2.98. The Bertz CT molecular complexity index is 539. The summed E-state index contributed by atoms with van der Waals surface area (Å²) in [7, 11) is 0. The zero-order valence-electron chi connectivity index (χ0n) is 11.4. The second-order valence-electron chi connectivity index (χ2n) is 5.19. The van der Waals surface area contributed by atoms with Crippen LogP contribution >= 0.6 is 15.9 Å². The first-order chi connectivity index (χ1) is 9.83. The van der Waals surface area contributed by atoms with Crippen molar-refractivity contribution in [3.8, 4) is 0 Å². The van der Waals surface area contributed by atoms with E-state index in [1.165, 1.54) is 17.7 Å². The van der Waals surface area contributed by atoms with Gasteiger partial charge in [-0.25, -0.2) is 0 Å². The molecular weight excluding hydrogens is 312 g/mol. The van der Waals surface area contributed by atoms with E-state index in [0.717, 1.165) is 24.1 Å². The predicted octanol–water partition coefficient (Wildman–Crippen LogP) is 3.99. The van der Waals surface area contributed by atoms with Gasteiger partial charge in [0.15, 0.2) is 0 Å². The van der Waals surface area contributed by atoms with Gasteiger partial charge in [-0.1, -0.05) is 46.3 Å². The minimum Gasteiger partial charge on any atom is -0.370 e. The van der Waals surface area contributed by atoms with Crippen LogP contribution in [0, 0.1) is 0 Å². The standard InChI is InChI=1S/C17H19BrN2/c18-15-7-9-16(10-8-15)20-12-4-11-19-17(13-20)14-5-2-1-3-6-14/h1-3,5-10,17,19H,4,11-13H2. The number of nitrogens with one attached hydrogen (secondary N) is 1. The summed E-state index contributed by atoms with van der Waals surface area (Å²) >= 11 is 3.50. The molecule has 2 nitrogen and oxygen atoms in total. The monoisotopic (exact) mass is 330 g/mol. The van der Waals surface area contributed by atoms with Crippen molar-refractivity contribution in [3.63, 3.8) is 0 Å². The highest BCUT2D eigenvalue weighted by Crippen LogP contribution is 2.23. The predicted molar refractivity (Wildman–Crippen MR) is 88.2 cm³/mol. The van der Waals surface area contributed by atoms with Gasteiger partial charge < -0.3 is 10.2 Å². The van der Waals surface area contributed by atoms with Crippen LogP contribution in [0.1, 0.15) is 18.0 Å². The highest BCUT2D eigenvalue weighted by molar-refractivity contribution is 9.10. The molecular formula is C17H19BrN2. The van der Waals surface area contributed by atoms with Gasteiger partial charge in [0.25, 0.3) is 0 Å². The van der Waals surface area contributed by atoms with Crippen molar-refractivity contribution in [3.05, 3.63) is 64.6 Å². The van der Waals surface area contributed by atoms with Crippen LogP contribution in [0.4, 0.5) is 5.69 Å². The average molecular weight is 331 g/mol. The Morgan fingerprint density at radius 1 is 1.00 bits per heavy atom. The SMILES string of the molecule is Brc1ccc(N2CCCNC(c3ccccc3)C2)cc1. The van der Waals surface area contributed by atoms with Crippen LogP contribution in [0.25, 0.3) is 0 Å². The molecule has 1 saturated heterocycles. The first kappa shape index (κ1) is 13.7. The van der Waals surface area contributed by atoms with E-state index in [9.17, 15) is 0 Å². The lowest BCUT2D eigenvalue weighted by atomic mass is 10.1. The summed E-state index contributed by atoms with van der Waals surface area (Å²) in [6.07, 6.45) is 1.18. The Kier molecular flexibility index (Phi) is 4.38. The van der Waals surface area contributed by atoms with Crippen molar-refractivity contribution in [2.45, 2.75) is 12.5 Å². The summed E-state index contributed by atoms with van der Waals surface area (Å²) in [4.78, 5) is 2.48. The summed E-state index contributed by atoms with van der Waals surface area (Å²) in [6, 6.07) is 19.8. The molecule has 0 saturated carbocycles. The Hall–Kier alpha value is -1.32. The number of nitrogens with zero attached hydrogens (tertiary/aromatic N) is 1. The number of anilines is 1. The molecule has 2 aromatic carbocycles. The van der Waals surface area contributed by atoms with Crippen molar-refractivity contribution in [2.75, 3.05) is 24.5 Å². The maximum atomic E-state index is 3.66. The van der Waals surface area contributed by atoms with E-state index in [4.69, 9.17) is 0 Å². The number of halogens is 1. The van der Waals surface area contributed by atoms with E-state index >= 15 is 0 Å². The molecule has 1 fully saturated rings. The Labute approximate surface area is 128 Å². The summed E-state index contributed by atoms with van der Waals surface area (Å²) < 4.78 is 1.13. The smallest absolute Gasteiger partial charge is 0.0498 e. The first-order valence-corrected chi connectivity index (χ1v) is 7.91. The second kappa shape index (κ2) is 6.42. The van der Waals surface area contributed by atoms with Gasteiger partial charge in [-0.15, -0.1) is 0 Å². The zero-order valence-corrected chi connectivity index (χ0v) is 13.0. The molecule has 1 unspecified atom stereocenters. The van der Waals surface area contributed by atoms with Crippen molar-refractivity contribution in [1.82, 2.24) is 5.32 Å². The minimum absolute atomic E-state index is 0.405. The zero-order chi connectivity index (χ0) is 13.8. The van der Waals surface area contributed by atoms with Gasteiger partial charge in [0, 0.05) is 29.3 Å². The number of hydrogen-bond acceptors (Lipinski definition) is 2. The van der Waals surface area contributed by atoms with Gasteiger partial charge in [0.2, 0.25) is 0 Å². The van der Waals surface area contributed by atoms with E-state index < -0.39 is 0 Å². The Balaban J connectivity index is 1.80. The van der Waals surface area contributed by atoms with Crippen molar-refractivity contribution in [2.24, 2.45) is 0 Å². The highest BCUT2D eigenvalue weighted by atomic mass is 79.9. The molecule has 1 heterocycles. The van der Waals surface area contributed by atoms with E-state index in [-0.39, 0.29) is 0 Å². The maximum Gasteiger partial charge on any atom is 0.0498 e. The third kappa shape index (κ3) is 3.22. The van der Waals surface area contributed by atoms with Crippen molar-refractivity contribution < 1.29 is 0 Å². The van der Waals surface area contributed by atoms with Gasteiger partial charge in [0.1, 0.15) is 0 Å². The lowest BCUT2D eigenvalue weighted by Gasteiger charge is -2.26. The molecule has 20 heavy (non-hydrogen) atoms. The molecule has 1 N–H and O–H groups in total. The molecule has 0 bridgehead atoms. The summed E-state index contributed by atoms with van der Waals surface area (Å²) in [5.74, 6) is 0. The van der Waals surface area contributed by atoms with E-state index in [2.05, 4.69) is 80.7 Å². The highest BCUT2D eigenvalue weighted by Gasteiger charge is 2.19. The molecule has 1 aliphatic rings. The fraction of sp³-hybridized carbons (Fsp3) is 0.294. The molecule has 1 atom stereocenters. The van der Waals surface area contributed by atoms with Crippen LogP contribution in [0.15, 0.2) is 59.1 Å². The molecule has 2 aromatic rings. The quantitative estimate of drug-likeness (QED) is 0.895. The molecule has 0 spiro atoms. The largest absolute Gasteiger partial charge is 0.370 e. The Morgan fingerprint density at radius 3 is 2.50 bits per heavy atom. The van der Waals surface area contributed by atoms with Crippen LogP contribution in [-0.2, 0) is 0 Å². The van der Waals surface area contributed by atoms with Gasteiger partial charge in [0.05, 0.1) is 0 Å². The molecule has 0 aromatic heterocycles. The number of rotatable bonds is 2. The van der Waals surface area contributed by atoms with Gasteiger partial charge in [-0.2, -0.15) is 0 Å². The van der Waals surface area contributed by atoms with Crippen LogP contribution < -0.4 is 10.2 Å². The third-order valence-corrected chi connectivity index (χ3v) is 4.32. The normalized spacial score (nSPS) is 19.6. The van der Waals surface area contributed by atoms with Crippen LogP contribution in [-0.4, -0.2) is 19.6 Å². The van der Waals surface area contributed by atoms with E-state index in [1.54, 1.807) is 0 Å². The van der Waals surface area contributed by atoms with E-state index in [0.29, 0.717) is 6.04 Å². The van der Waals surface area contributed by atoms with Crippen molar-refractivity contribution in [1.29, 1.82) is 0 Å². The topological polar surface area (TPSA) is 15.3 Å². The molecule has 3 heteroatoms. The second-order valence-corrected chi connectivity index (χ2v) is 6.11. The van der Waals surface area contributed by atoms with Gasteiger partial charge in [-0.3, -0.25) is 0 Å². The number of benzene rings is 2. The van der Waals surface area contributed by atoms with Crippen LogP contribution in [0.2, 0.25) is 0 Å². The molecule has 0 aliphatic carbocycles. The van der Waals surface area contributed by atoms with Crippen LogP contribution in [0.3, 0.4) is 0 Å². The van der Waals surface area contributed by atoms with Gasteiger partial charge in [-0.05, 0) is 42.8 Å². The summed E-state index contributed by atoms with van der Waals surface area (Å²) in [5.41, 5.74) is 2.68. The third-order valence-electron chi connectivity index (χ3n) is 3.79. The minimum atomic E-state index is 0.405. The molecule has 104 valence electrons. The maximum absolute atomic E-state index is 3.66. The molecule has 0 radical (unpaired) electrons. The average Bonchev–Trinajstić information content (AvgIpc) is 2.75. The van der Waals surface area contributed by atoms with E-state index in [1.807, 2.05) is 0 Å². The summed E-state index contributed by atoms with van der Waals surface area (Å²) in [6.45, 7) is 3.20. The summed E-state index contributed by atoms with van der Waals surface area (Å²) in [5, 5.41) is 3.66. The Morgan fingerprint density at radius 2 is 1.75 bits per heavy atom. The molecule has 0 amide bonds. The number of hydrogen-bond donors (Lipinski definition) is 1. The lowest BCUT2D eigenvalue weighted by Crippen LogP contribution is -2.31. The molecule has 3 rings (SSSR count). The lowest BCUT2D eigenvalue weighted by molar-refractivity contribution is 0.570. The van der Waals surface area contributed by atoms with Gasteiger partial charge >= 0.3 is 0 Å². The van der Waals surface area contributed by atoms with Crippen LogP contribution in [0.5, 0.6) is 0 Å². The van der Waals surface area contributed by atoms with Crippen molar-refractivity contribution >= 4 is 21.6 Å².